The van der Waals surface area contributed by atoms with Gasteiger partial charge in [0.1, 0.15) is 0 Å². The summed E-state index contributed by atoms with van der Waals surface area (Å²) in [6.45, 7) is 17.9. The van der Waals surface area contributed by atoms with E-state index < -0.39 is 0 Å². The van der Waals surface area contributed by atoms with E-state index in [4.69, 9.17) is 0 Å². The van der Waals surface area contributed by atoms with Gasteiger partial charge < -0.3 is 9.80 Å². The molecule has 3 aliphatic rings. The molecule has 0 aromatic carbocycles. The molecule has 0 N–H and O–H groups in total. The molecule has 0 bridgehead atoms. The van der Waals surface area contributed by atoms with Crippen molar-refractivity contribution in [1.29, 1.82) is 0 Å². The predicted molar refractivity (Wildman–Crippen MR) is 120 cm³/mol. The lowest BCUT2D eigenvalue weighted by molar-refractivity contribution is 0.0449. The molecule has 3 aliphatic heterocycles. The summed E-state index contributed by atoms with van der Waals surface area (Å²) < 4.78 is 0. The van der Waals surface area contributed by atoms with Crippen molar-refractivity contribution in [3.05, 3.63) is 18.0 Å². The van der Waals surface area contributed by atoms with E-state index in [1.54, 1.807) is 0 Å². The van der Waals surface area contributed by atoms with Crippen LogP contribution in [0.3, 0.4) is 0 Å². The van der Waals surface area contributed by atoms with Crippen LogP contribution in [0.2, 0.25) is 0 Å². The number of aryl methyl sites for hydroxylation is 1. The Bertz CT molecular complexity index is 639. The minimum Gasteiger partial charge on any atom is -0.341 e. The lowest BCUT2D eigenvalue weighted by atomic mass is 9.71. The Hall–Kier alpha value is -1.20. The van der Waals surface area contributed by atoms with Gasteiger partial charge in [0.05, 0.1) is 0 Å². The Morgan fingerprint density at radius 1 is 0.897 bits per heavy atom. The largest absolute Gasteiger partial charge is 0.341 e. The number of nitrogens with zero attached hydrogens (tertiary/aromatic N) is 5. The van der Waals surface area contributed by atoms with Crippen LogP contribution >= 0.6 is 0 Å². The summed E-state index contributed by atoms with van der Waals surface area (Å²) in [7, 11) is 0. The fourth-order valence-electron chi connectivity index (χ4n) is 5.59. The first-order valence-electron chi connectivity index (χ1n) is 11.8. The van der Waals surface area contributed by atoms with Crippen LogP contribution < -0.4 is 4.90 Å². The van der Waals surface area contributed by atoms with Crippen molar-refractivity contribution in [2.75, 3.05) is 50.7 Å². The number of aromatic nitrogens is 2. The maximum atomic E-state index is 4.54. The summed E-state index contributed by atoms with van der Waals surface area (Å²) in [6.07, 6.45) is 12.0. The molecule has 5 heteroatoms. The van der Waals surface area contributed by atoms with E-state index in [2.05, 4.69) is 52.4 Å². The molecule has 0 atom stereocenters. The second kappa shape index (κ2) is 8.50. The monoisotopic (exact) mass is 399 g/mol. The highest BCUT2D eigenvalue weighted by Crippen LogP contribution is 2.42. The predicted octanol–water partition coefficient (Wildman–Crippen LogP) is 3.98. The van der Waals surface area contributed by atoms with Crippen molar-refractivity contribution in [3.8, 4) is 0 Å². The number of rotatable bonds is 3. The smallest absolute Gasteiger partial charge is 0.225 e. The molecule has 0 amide bonds. The van der Waals surface area contributed by atoms with E-state index in [1.165, 1.54) is 71.2 Å². The highest BCUT2D eigenvalue weighted by Gasteiger charge is 2.38. The van der Waals surface area contributed by atoms with E-state index in [1.807, 2.05) is 12.4 Å². The second-order valence-corrected chi connectivity index (χ2v) is 10.9. The molecule has 0 unspecified atom stereocenters. The van der Waals surface area contributed by atoms with Crippen LogP contribution in [0.1, 0.15) is 64.9 Å². The minimum atomic E-state index is 0.334. The maximum absolute atomic E-state index is 4.54. The summed E-state index contributed by atoms with van der Waals surface area (Å²) in [4.78, 5) is 16.9. The molecule has 29 heavy (non-hydrogen) atoms. The maximum Gasteiger partial charge on any atom is 0.225 e. The van der Waals surface area contributed by atoms with Gasteiger partial charge in [0.15, 0.2) is 0 Å². The van der Waals surface area contributed by atoms with Crippen molar-refractivity contribution < 1.29 is 0 Å². The lowest BCUT2D eigenvalue weighted by Crippen LogP contribution is -2.50. The lowest BCUT2D eigenvalue weighted by Gasteiger charge is -2.48. The standard InChI is InChI=1S/C24H41N5/c1-20-17-25-22(26-18-20)28-15-9-24(10-16-28)7-13-27(14-8-24)19-21-5-11-29(12-6-21)23(2,3)4/h17-18,21H,5-16,19H2,1-4H3. The molecule has 4 rings (SSSR count). The second-order valence-electron chi connectivity index (χ2n) is 10.9. The van der Waals surface area contributed by atoms with Crippen molar-refractivity contribution in [3.63, 3.8) is 0 Å². The van der Waals surface area contributed by atoms with Gasteiger partial charge in [-0.3, -0.25) is 4.90 Å². The summed E-state index contributed by atoms with van der Waals surface area (Å²) in [5, 5.41) is 0. The van der Waals surface area contributed by atoms with Crippen molar-refractivity contribution in [1.82, 2.24) is 19.8 Å². The van der Waals surface area contributed by atoms with Gasteiger partial charge in [0.2, 0.25) is 5.95 Å². The Balaban J connectivity index is 1.21. The van der Waals surface area contributed by atoms with Crippen molar-refractivity contribution >= 4 is 5.95 Å². The first-order valence-corrected chi connectivity index (χ1v) is 11.8. The van der Waals surface area contributed by atoms with Gasteiger partial charge in [-0.25, -0.2) is 9.97 Å². The zero-order valence-electron chi connectivity index (χ0n) is 19.2. The Kier molecular flexibility index (Phi) is 6.17. The van der Waals surface area contributed by atoms with Gasteiger partial charge in [0, 0.05) is 37.6 Å². The van der Waals surface area contributed by atoms with Gasteiger partial charge in [-0.05, 0) is 109 Å². The quantitative estimate of drug-likeness (QED) is 0.768. The topological polar surface area (TPSA) is 35.5 Å². The van der Waals surface area contributed by atoms with Gasteiger partial charge >= 0.3 is 0 Å². The molecule has 1 spiro atoms. The number of hydrogen-bond acceptors (Lipinski definition) is 5. The summed E-state index contributed by atoms with van der Waals surface area (Å²) in [6, 6.07) is 0. The van der Waals surface area contributed by atoms with Crippen LogP contribution in [0, 0.1) is 18.3 Å². The van der Waals surface area contributed by atoms with E-state index in [0.29, 0.717) is 11.0 Å². The molecule has 3 saturated heterocycles. The van der Waals surface area contributed by atoms with Gasteiger partial charge in [-0.2, -0.15) is 0 Å². The highest BCUT2D eigenvalue weighted by molar-refractivity contribution is 5.30. The number of likely N-dealkylation sites (tertiary alicyclic amines) is 2. The Morgan fingerprint density at radius 2 is 1.45 bits per heavy atom. The third kappa shape index (κ3) is 5.11. The van der Waals surface area contributed by atoms with Crippen molar-refractivity contribution in [2.24, 2.45) is 11.3 Å². The molecule has 4 heterocycles. The summed E-state index contributed by atoms with van der Waals surface area (Å²) >= 11 is 0. The van der Waals surface area contributed by atoms with Crippen LogP contribution in [0.15, 0.2) is 12.4 Å². The zero-order valence-corrected chi connectivity index (χ0v) is 19.2. The molecule has 0 saturated carbocycles. The van der Waals surface area contributed by atoms with E-state index in [9.17, 15) is 0 Å². The van der Waals surface area contributed by atoms with E-state index >= 15 is 0 Å². The molecule has 1 aromatic heterocycles. The number of hydrogen-bond donors (Lipinski definition) is 0. The van der Waals surface area contributed by atoms with Gasteiger partial charge in [-0.1, -0.05) is 0 Å². The van der Waals surface area contributed by atoms with Crippen LogP contribution in [0.25, 0.3) is 0 Å². The average molecular weight is 400 g/mol. The molecular weight excluding hydrogens is 358 g/mol. The Morgan fingerprint density at radius 3 is 2.00 bits per heavy atom. The first-order chi connectivity index (χ1) is 13.8. The summed E-state index contributed by atoms with van der Waals surface area (Å²) in [5.41, 5.74) is 2.05. The Labute approximate surface area is 177 Å². The van der Waals surface area contributed by atoms with E-state index in [-0.39, 0.29) is 0 Å². The van der Waals surface area contributed by atoms with Gasteiger partial charge in [0.25, 0.3) is 0 Å². The molecule has 5 nitrogen and oxygen atoms in total. The van der Waals surface area contributed by atoms with Crippen molar-refractivity contribution in [2.45, 2.75) is 71.8 Å². The van der Waals surface area contributed by atoms with Crippen LogP contribution in [0.4, 0.5) is 5.95 Å². The first kappa shape index (κ1) is 21.0. The fourth-order valence-corrected chi connectivity index (χ4v) is 5.59. The van der Waals surface area contributed by atoms with Crippen LogP contribution in [-0.4, -0.2) is 71.1 Å². The molecule has 0 radical (unpaired) electrons. The van der Waals surface area contributed by atoms with Crippen LogP contribution in [0.5, 0.6) is 0 Å². The SMILES string of the molecule is Cc1cnc(N2CCC3(CCN(CC4CCN(C(C)(C)C)CC4)CC3)CC2)nc1. The van der Waals surface area contributed by atoms with Gasteiger partial charge in [-0.15, -0.1) is 0 Å². The van der Waals surface area contributed by atoms with Crippen LogP contribution in [-0.2, 0) is 0 Å². The van der Waals surface area contributed by atoms with E-state index in [0.717, 1.165) is 30.5 Å². The highest BCUT2D eigenvalue weighted by atomic mass is 15.3. The summed E-state index contributed by atoms with van der Waals surface area (Å²) in [5.74, 6) is 1.83. The molecule has 3 fully saturated rings. The molecule has 162 valence electrons. The minimum absolute atomic E-state index is 0.334. The fraction of sp³-hybridized carbons (Fsp3) is 0.833. The average Bonchev–Trinajstić information content (AvgIpc) is 2.71. The third-order valence-corrected chi connectivity index (χ3v) is 7.87. The zero-order chi connectivity index (χ0) is 20.5. The normalized spacial score (nSPS) is 24.9. The molecule has 0 aliphatic carbocycles. The third-order valence-electron chi connectivity index (χ3n) is 7.87. The number of piperidine rings is 3. The number of anilines is 1. The molecular formula is C24H41N5. The molecule has 1 aromatic rings.